The van der Waals surface area contributed by atoms with Crippen LogP contribution >= 0.6 is 0 Å². The summed E-state index contributed by atoms with van der Waals surface area (Å²) in [6, 6.07) is 0. The van der Waals surface area contributed by atoms with Crippen LogP contribution in [0.1, 0.15) is 18.7 Å². The van der Waals surface area contributed by atoms with Gasteiger partial charge in [-0.05, 0) is 0 Å². The van der Waals surface area contributed by atoms with E-state index in [-0.39, 0.29) is 6.61 Å². The van der Waals surface area contributed by atoms with Gasteiger partial charge in [0.1, 0.15) is 0 Å². The zero-order valence-electron chi connectivity index (χ0n) is 15.1. The Morgan fingerprint density at radius 2 is 2.08 bits per heavy atom. The Kier molecular flexibility index (Phi) is 5.08. The van der Waals surface area contributed by atoms with Gasteiger partial charge in [-0.1, -0.05) is 0 Å². The van der Waals surface area contributed by atoms with Crippen molar-refractivity contribution in [2.24, 2.45) is 0 Å². The van der Waals surface area contributed by atoms with Crippen LogP contribution in [0, 0.1) is 11.5 Å². The van der Waals surface area contributed by atoms with Crippen molar-refractivity contribution in [2.75, 3.05) is 6.61 Å². The third-order valence-electron chi connectivity index (χ3n) is 4.35. The van der Waals surface area contributed by atoms with Gasteiger partial charge in [-0.25, -0.2) is 0 Å². The Bertz CT molecular complexity index is 897. The molecule has 1 aliphatic rings. The average molecular weight is 435 g/mol. The molecule has 0 aromatic carbocycles. The number of aromatic nitrogens is 3. The second-order valence-corrected chi connectivity index (χ2v) is 13.4. The van der Waals surface area contributed by atoms with Gasteiger partial charge in [0.15, 0.2) is 0 Å². The minimum absolute atomic E-state index is 0.389. The number of hydrogen-bond acceptors (Lipinski definition) is 6. The van der Waals surface area contributed by atoms with Gasteiger partial charge in [0.2, 0.25) is 0 Å². The van der Waals surface area contributed by atoms with E-state index in [1.54, 1.807) is 10.8 Å². The third kappa shape index (κ3) is 3.36. The fraction of sp³-hybridized carbons (Fsp3) is 0.529. The SMILES string of the molecule is C[C@@]1(O)[C@H](O)[C@@H](CO)O[C@H]1n1cc(C#C[Si](C)(C)C)c2c([As])ncnc21. The Morgan fingerprint density at radius 3 is 2.65 bits per heavy atom. The molecular weight excluding hydrogens is 413 g/mol. The quantitative estimate of drug-likeness (QED) is 0.433. The predicted molar refractivity (Wildman–Crippen MR) is 101 cm³/mol. The maximum absolute atomic E-state index is 10.8. The first-order chi connectivity index (χ1) is 12.1. The molecular formula is C17H22AsN3O4Si. The molecule has 0 saturated carbocycles. The molecule has 9 heteroatoms. The van der Waals surface area contributed by atoms with Crippen molar-refractivity contribution in [3.05, 3.63) is 18.1 Å². The van der Waals surface area contributed by atoms with Crippen LogP contribution in [0.3, 0.4) is 0 Å². The molecule has 4 atom stereocenters. The molecule has 26 heavy (non-hydrogen) atoms. The van der Waals surface area contributed by atoms with Crippen LogP contribution < -0.4 is 4.48 Å². The van der Waals surface area contributed by atoms with Gasteiger partial charge in [0, 0.05) is 0 Å². The van der Waals surface area contributed by atoms with E-state index in [0.29, 0.717) is 5.65 Å². The summed E-state index contributed by atoms with van der Waals surface area (Å²) in [6.45, 7) is 7.57. The topological polar surface area (TPSA) is 101 Å². The van der Waals surface area contributed by atoms with Crippen LogP contribution in [0.25, 0.3) is 11.0 Å². The molecule has 3 rings (SSSR count). The van der Waals surface area contributed by atoms with Crippen LogP contribution in [0.15, 0.2) is 12.5 Å². The van der Waals surface area contributed by atoms with E-state index in [0.717, 1.165) is 15.4 Å². The summed E-state index contributed by atoms with van der Waals surface area (Å²) >= 11 is 2.40. The monoisotopic (exact) mass is 435 g/mol. The first-order valence-electron chi connectivity index (χ1n) is 8.30. The van der Waals surface area contributed by atoms with E-state index in [4.69, 9.17) is 4.74 Å². The number of hydrogen-bond donors (Lipinski definition) is 3. The molecule has 0 unspecified atom stereocenters. The Morgan fingerprint density at radius 1 is 1.38 bits per heavy atom. The van der Waals surface area contributed by atoms with E-state index in [1.807, 2.05) is 0 Å². The zero-order valence-corrected chi connectivity index (χ0v) is 18.0. The fourth-order valence-corrected chi connectivity index (χ4v) is 4.07. The van der Waals surface area contributed by atoms with E-state index >= 15 is 0 Å². The minimum atomic E-state index is -1.59. The zero-order chi connectivity index (χ0) is 19.3. The van der Waals surface area contributed by atoms with Gasteiger partial charge in [-0.3, -0.25) is 0 Å². The molecule has 7 nitrogen and oxygen atoms in total. The van der Waals surface area contributed by atoms with Crippen LogP contribution in [-0.4, -0.2) is 79.2 Å². The van der Waals surface area contributed by atoms with Crippen LogP contribution in [-0.2, 0) is 4.74 Å². The number of rotatable bonds is 2. The molecule has 138 valence electrons. The Balaban J connectivity index is 2.19. The summed E-state index contributed by atoms with van der Waals surface area (Å²) in [5.74, 6) is 3.23. The second-order valence-electron chi connectivity index (χ2n) is 7.73. The van der Waals surface area contributed by atoms with Crippen molar-refractivity contribution in [3.63, 3.8) is 0 Å². The first-order valence-corrected chi connectivity index (χ1v) is 12.7. The van der Waals surface area contributed by atoms with Gasteiger partial charge >= 0.3 is 162 Å². The van der Waals surface area contributed by atoms with Crippen LogP contribution in [0.4, 0.5) is 0 Å². The Hall–Kier alpha value is -1.20. The molecule has 1 saturated heterocycles. The van der Waals surface area contributed by atoms with Crippen molar-refractivity contribution >= 4 is 40.4 Å². The molecule has 0 spiro atoms. The van der Waals surface area contributed by atoms with Crippen LogP contribution in [0.5, 0.6) is 0 Å². The van der Waals surface area contributed by atoms with E-state index < -0.39 is 32.1 Å². The second kappa shape index (κ2) is 6.75. The van der Waals surface area contributed by atoms with Crippen molar-refractivity contribution in [3.8, 4) is 11.5 Å². The van der Waals surface area contributed by atoms with Crippen molar-refractivity contribution in [1.82, 2.24) is 14.5 Å². The molecule has 3 N–H and O–H groups in total. The first kappa shape index (κ1) is 19.6. The molecule has 0 amide bonds. The summed E-state index contributed by atoms with van der Waals surface area (Å²) in [4.78, 5) is 8.58. The van der Waals surface area contributed by atoms with Crippen molar-refractivity contribution < 1.29 is 20.1 Å². The summed E-state index contributed by atoms with van der Waals surface area (Å²) < 4.78 is 8.13. The van der Waals surface area contributed by atoms with Gasteiger partial charge in [-0.2, -0.15) is 0 Å². The molecule has 0 aliphatic carbocycles. The van der Waals surface area contributed by atoms with Crippen molar-refractivity contribution in [2.45, 2.75) is 50.6 Å². The number of aliphatic hydroxyl groups is 3. The molecule has 3 heterocycles. The summed E-state index contributed by atoms with van der Waals surface area (Å²) in [6.07, 6.45) is 0.218. The molecule has 2 aromatic rings. The predicted octanol–water partition coefficient (Wildman–Crippen LogP) is -0.544. The summed E-state index contributed by atoms with van der Waals surface area (Å²) in [5, 5.41) is 31.3. The standard InChI is InChI=1S/C17H22AsN3O4Si/c1-17(24)13(23)11(8-22)25-16(17)21-7-10(5-6-26(2,3)4)12-14(18)19-9-20-15(12)21/h7,9,11,13,16,22-24H,8H2,1-4H3/t11-,13-,16-,17-/m1/s1. The van der Waals surface area contributed by atoms with E-state index in [2.05, 4.69) is 57.9 Å². The van der Waals surface area contributed by atoms with E-state index in [1.165, 1.54) is 13.3 Å². The molecule has 0 bridgehead atoms. The molecule has 2 radical (unpaired) electrons. The number of ether oxygens (including phenoxy) is 1. The summed E-state index contributed by atoms with van der Waals surface area (Å²) in [7, 11) is -1.59. The molecule has 1 fully saturated rings. The fourth-order valence-electron chi connectivity index (χ4n) is 2.99. The molecule has 2 aromatic heterocycles. The number of nitrogens with zero attached hydrogens (tertiary/aromatic N) is 3. The normalized spacial score (nSPS) is 29.0. The molecule has 1 aliphatic heterocycles. The third-order valence-corrected chi connectivity index (χ3v) is 5.94. The van der Waals surface area contributed by atoms with Gasteiger partial charge < -0.3 is 0 Å². The summed E-state index contributed by atoms with van der Waals surface area (Å²) in [5.41, 5.74) is 3.06. The van der Waals surface area contributed by atoms with Crippen molar-refractivity contribution in [1.29, 1.82) is 0 Å². The number of fused-ring (bicyclic) bond motifs is 1. The number of aliphatic hydroxyl groups excluding tert-OH is 2. The Labute approximate surface area is 161 Å². The van der Waals surface area contributed by atoms with Crippen LogP contribution in [0.2, 0.25) is 19.6 Å². The van der Waals surface area contributed by atoms with Gasteiger partial charge in [0.25, 0.3) is 0 Å². The van der Waals surface area contributed by atoms with E-state index in [9.17, 15) is 15.3 Å². The maximum atomic E-state index is 10.8. The van der Waals surface area contributed by atoms with Gasteiger partial charge in [-0.15, -0.1) is 0 Å². The van der Waals surface area contributed by atoms with Gasteiger partial charge in [0.05, 0.1) is 0 Å². The average Bonchev–Trinajstić information content (AvgIpc) is 3.02.